The van der Waals surface area contributed by atoms with E-state index in [0.29, 0.717) is 32.8 Å². The van der Waals surface area contributed by atoms with Gasteiger partial charge in [0, 0.05) is 48.6 Å². The van der Waals surface area contributed by atoms with Crippen molar-refractivity contribution in [3.8, 4) is 28.0 Å². The van der Waals surface area contributed by atoms with Crippen molar-refractivity contribution in [3.63, 3.8) is 0 Å². The van der Waals surface area contributed by atoms with Gasteiger partial charge in [0.25, 0.3) is 5.56 Å². The van der Waals surface area contributed by atoms with Crippen LogP contribution in [0.15, 0.2) is 71.9 Å². The van der Waals surface area contributed by atoms with Crippen molar-refractivity contribution in [3.05, 3.63) is 93.6 Å². The molecule has 0 aliphatic rings. The fourth-order valence-corrected chi connectivity index (χ4v) is 4.85. The van der Waals surface area contributed by atoms with E-state index in [-0.39, 0.29) is 36.5 Å². The zero-order valence-corrected chi connectivity index (χ0v) is 23.9. The summed E-state index contributed by atoms with van der Waals surface area (Å²) in [5, 5.41) is 13.3. The Morgan fingerprint density at radius 2 is 1.74 bits per heavy atom. The number of nitrogens with zero attached hydrogens (tertiary/aromatic N) is 3. The summed E-state index contributed by atoms with van der Waals surface area (Å²) in [7, 11) is 2.85. The number of alkyl halides is 3. The maximum atomic E-state index is 13.5. The van der Waals surface area contributed by atoms with Crippen LogP contribution in [0.2, 0.25) is 5.02 Å². The molecule has 43 heavy (non-hydrogen) atoms. The molecule has 2 heterocycles. The van der Waals surface area contributed by atoms with Crippen molar-refractivity contribution >= 4 is 23.4 Å². The highest BCUT2D eigenvalue weighted by Gasteiger charge is 2.29. The van der Waals surface area contributed by atoms with Crippen molar-refractivity contribution < 1.29 is 37.3 Å². The topological polar surface area (TPSA) is 113 Å². The van der Waals surface area contributed by atoms with Crippen LogP contribution in [0, 0.1) is 0 Å². The SMILES string of the molecule is COCCC(C(=O)Cc1ccc(C(=O)O)cc1)n1cc(OC)c(-c2cc(Cl)ccc2-c2cnn(CC(F)(F)F)c2)cc1=O. The van der Waals surface area contributed by atoms with Gasteiger partial charge >= 0.3 is 12.1 Å². The molecule has 0 aliphatic carbocycles. The molecule has 0 saturated carbocycles. The fourth-order valence-electron chi connectivity index (χ4n) is 4.68. The molecule has 13 heteroatoms. The number of carbonyl (C=O) groups excluding carboxylic acids is 1. The van der Waals surface area contributed by atoms with Gasteiger partial charge in [-0.25, -0.2) is 4.79 Å². The summed E-state index contributed by atoms with van der Waals surface area (Å²) in [6.07, 6.45) is -0.415. The second kappa shape index (κ2) is 13.3. The molecule has 0 bridgehead atoms. The van der Waals surface area contributed by atoms with Gasteiger partial charge in [-0.1, -0.05) is 29.8 Å². The summed E-state index contributed by atoms with van der Waals surface area (Å²) in [5.74, 6) is -1.18. The molecule has 2 aromatic carbocycles. The Morgan fingerprint density at radius 1 is 1.02 bits per heavy atom. The molecule has 0 fully saturated rings. The quantitative estimate of drug-likeness (QED) is 0.217. The minimum absolute atomic E-state index is 0.0643. The molecule has 226 valence electrons. The van der Waals surface area contributed by atoms with Crippen LogP contribution in [-0.4, -0.2) is 58.2 Å². The molecular formula is C30H27ClF3N3O6. The number of rotatable bonds is 12. The van der Waals surface area contributed by atoms with E-state index in [9.17, 15) is 27.6 Å². The van der Waals surface area contributed by atoms with E-state index < -0.39 is 30.3 Å². The second-order valence-electron chi connectivity index (χ2n) is 9.68. The minimum Gasteiger partial charge on any atom is -0.495 e. The number of aromatic carboxylic acids is 1. The number of methoxy groups -OCH3 is 2. The zero-order valence-electron chi connectivity index (χ0n) is 23.1. The first-order valence-corrected chi connectivity index (χ1v) is 13.3. The molecule has 0 aliphatic heterocycles. The molecule has 0 spiro atoms. The number of pyridine rings is 1. The van der Waals surface area contributed by atoms with E-state index in [1.165, 1.54) is 55.6 Å². The number of hydrogen-bond donors (Lipinski definition) is 1. The van der Waals surface area contributed by atoms with E-state index in [0.717, 1.165) is 4.68 Å². The second-order valence-corrected chi connectivity index (χ2v) is 10.1. The Labute approximate surface area is 249 Å². The van der Waals surface area contributed by atoms with Gasteiger partial charge in [0.2, 0.25) is 0 Å². The Kier molecular flexibility index (Phi) is 9.72. The molecule has 4 rings (SSSR count). The average Bonchev–Trinajstić information content (AvgIpc) is 3.40. The van der Waals surface area contributed by atoms with Crippen molar-refractivity contribution in [1.82, 2.24) is 14.3 Å². The third-order valence-corrected chi connectivity index (χ3v) is 6.94. The summed E-state index contributed by atoms with van der Waals surface area (Å²) >= 11 is 6.28. The summed E-state index contributed by atoms with van der Waals surface area (Å²) in [6.45, 7) is -1.10. The summed E-state index contributed by atoms with van der Waals surface area (Å²) < 4.78 is 51.6. The van der Waals surface area contributed by atoms with E-state index in [1.807, 2.05) is 0 Å². The number of carboxylic acid groups (broad SMARTS) is 1. The highest BCUT2D eigenvalue weighted by molar-refractivity contribution is 6.31. The minimum atomic E-state index is -4.46. The molecule has 0 radical (unpaired) electrons. The number of halogens is 4. The van der Waals surface area contributed by atoms with Crippen LogP contribution in [0.3, 0.4) is 0 Å². The highest BCUT2D eigenvalue weighted by atomic mass is 35.5. The van der Waals surface area contributed by atoms with Gasteiger partial charge in [0.1, 0.15) is 12.3 Å². The third-order valence-electron chi connectivity index (χ3n) is 6.70. The molecule has 1 atom stereocenters. The lowest BCUT2D eigenvalue weighted by molar-refractivity contribution is -0.142. The molecule has 1 N–H and O–H groups in total. The number of carbonyl (C=O) groups is 2. The first-order valence-electron chi connectivity index (χ1n) is 12.9. The normalized spacial score (nSPS) is 12.2. The number of carboxylic acids is 1. The van der Waals surface area contributed by atoms with Gasteiger partial charge in [-0.2, -0.15) is 18.3 Å². The van der Waals surface area contributed by atoms with E-state index in [2.05, 4.69) is 5.10 Å². The predicted octanol–water partition coefficient (Wildman–Crippen LogP) is 5.69. The molecule has 2 aromatic heterocycles. The predicted molar refractivity (Wildman–Crippen MR) is 153 cm³/mol. The number of aromatic nitrogens is 3. The van der Waals surface area contributed by atoms with Crippen LogP contribution in [0.4, 0.5) is 13.2 Å². The number of ketones is 1. The number of hydrogen-bond acceptors (Lipinski definition) is 6. The molecule has 1 unspecified atom stereocenters. The monoisotopic (exact) mass is 617 g/mol. The van der Waals surface area contributed by atoms with Crippen molar-refractivity contribution in [2.24, 2.45) is 0 Å². The molecular weight excluding hydrogens is 591 g/mol. The lowest BCUT2D eigenvalue weighted by Crippen LogP contribution is -2.31. The molecule has 0 amide bonds. The Morgan fingerprint density at radius 3 is 2.37 bits per heavy atom. The first kappa shape index (κ1) is 31.5. The maximum absolute atomic E-state index is 13.5. The zero-order chi connectivity index (χ0) is 31.3. The number of Topliss-reactive ketones (excluding diaryl/α,β-unsaturated/α-hetero) is 1. The van der Waals surface area contributed by atoms with Gasteiger partial charge in [0.15, 0.2) is 5.78 Å². The van der Waals surface area contributed by atoms with Crippen molar-refractivity contribution in [2.45, 2.75) is 31.6 Å². The average molecular weight is 618 g/mol. The van der Waals surface area contributed by atoms with E-state index in [4.69, 9.17) is 26.2 Å². The van der Waals surface area contributed by atoms with Crippen molar-refractivity contribution in [1.29, 1.82) is 0 Å². The number of benzene rings is 2. The van der Waals surface area contributed by atoms with Crippen LogP contribution in [0.25, 0.3) is 22.3 Å². The molecule has 9 nitrogen and oxygen atoms in total. The molecule has 4 aromatic rings. The van der Waals surface area contributed by atoms with Crippen LogP contribution >= 0.6 is 11.6 Å². The first-order chi connectivity index (χ1) is 20.4. The van der Waals surface area contributed by atoms with E-state index >= 15 is 0 Å². The summed E-state index contributed by atoms with van der Waals surface area (Å²) in [4.78, 5) is 38.1. The number of ether oxygens (including phenoxy) is 2. The van der Waals surface area contributed by atoms with Crippen LogP contribution in [-0.2, 0) is 22.5 Å². The van der Waals surface area contributed by atoms with E-state index in [1.54, 1.807) is 30.3 Å². The summed E-state index contributed by atoms with van der Waals surface area (Å²) in [6, 6.07) is 11.0. The smallest absolute Gasteiger partial charge is 0.408 e. The Bertz CT molecular complexity index is 1680. The van der Waals surface area contributed by atoms with Crippen LogP contribution < -0.4 is 10.3 Å². The van der Waals surface area contributed by atoms with Crippen LogP contribution in [0.5, 0.6) is 5.75 Å². The van der Waals surface area contributed by atoms with Crippen LogP contribution in [0.1, 0.15) is 28.4 Å². The standard InChI is InChI=1S/C30H27ClF3N3O6/c1-42-10-9-25(26(38)11-18-3-5-19(6-4-18)29(40)41)37-16-27(43-2)24(13-28(37)39)23-12-21(31)7-8-22(23)20-14-35-36(15-20)17-30(32,33)34/h3-8,12-16,25H,9-11,17H2,1-2H3,(H,40,41). The third kappa shape index (κ3) is 7.70. The Balaban J connectivity index is 1.74. The lowest BCUT2D eigenvalue weighted by atomic mass is 9.95. The molecule has 0 saturated heterocycles. The maximum Gasteiger partial charge on any atom is 0.408 e. The van der Waals surface area contributed by atoms with Crippen molar-refractivity contribution in [2.75, 3.05) is 20.8 Å². The van der Waals surface area contributed by atoms with Gasteiger partial charge in [-0.3, -0.25) is 14.3 Å². The summed E-state index contributed by atoms with van der Waals surface area (Å²) in [5.41, 5.74) is 1.67. The fraction of sp³-hybridized carbons (Fsp3) is 0.267. The Hall–Kier alpha value is -4.42. The lowest BCUT2D eigenvalue weighted by Gasteiger charge is -2.21. The van der Waals surface area contributed by atoms with Gasteiger partial charge in [-0.05, 0) is 47.4 Å². The largest absolute Gasteiger partial charge is 0.495 e. The van der Waals surface area contributed by atoms with Gasteiger partial charge in [-0.15, -0.1) is 0 Å². The van der Waals surface area contributed by atoms with Gasteiger partial charge in [0.05, 0.1) is 31.1 Å². The highest BCUT2D eigenvalue weighted by Crippen LogP contribution is 2.38. The van der Waals surface area contributed by atoms with Gasteiger partial charge < -0.3 is 19.1 Å².